The van der Waals surface area contributed by atoms with Crippen molar-refractivity contribution in [2.75, 3.05) is 4.90 Å². The Hall–Kier alpha value is -2.44. The lowest BCUT2D eigenvalue weighted by Crippen LogP contribution is -2.31. The van der Waals surface area contributed by atoms with Gasteiger partial charge < -0.3 is 10.0 Å². The number of rotatable bonds is 2. The van der Waals surface area contributed by atoms with Crippen LogP contribution >= 0.6 is 0 Å². The molecule has 1 aliphatic heterocycles. The van der Waals surface area contributed by atoms with Gasteiger partial charge in [0.25, 0.3) is 11.8 Å². The number of carbonyl (C=O) groups is 2. The second-order valence-electron chi connectivity index (χ2n) is 4.46. The second kappa shape index (κ2) is 4.59. The number of fused-ring (bicyclic) bond motifs is 1. The standard InChI is InChI=1S/C14H10BNO4/c17-13-11-7-6-9(15(19)20)8-12(11)14(18)16(13)10-4-2-1-3-5-10/h1-8,19-20H. The maximum atomic E-state index is 12.3. The van der Waals surface area contributed by atoms with E-state index in [1.54, 1.807) is 30.3 Å². The van der Waals surface area contributed by atoms with Crippen LogP contribution in [-0.4, -0.2) is 29.0 Å². The summed E-state index contributed by atoms with van der Waals surface area (Å²) in [6.07, 6.45) is 0. The zero-order valence-corrected chi connectivity index (χ0v) is 10.4. The van der Waals surface area contributed by atoms with Crippen molar-refractivity contribution in [3.63, 3.8) is 0 Å². The van der Waals surface area contributed by atoms with Gasteiger partial charge in [-0.25, -0.2) is 4.90 Å². The molecule has 98 valence electrons. The summed E-state index contributed by atoms with van der Waals surface area (Å²) < 4.78 is 0. The van der Waals surface area contributed by atoms with E-state index in [1.807, 2.05) is 0 Å². The number of imide groups is 1. The van der Waals surface area contributed by atoms with E-state index in [1.165, 1.54) is 18.2 Å². The Kier molecular flexibility index (Phi) is 2.89. The molecule has 0 saturated heterocycles. The van der Waals surface area contributed by atoms with Gasteiger partial charge in [-0.3, -0.25) is 9.59 Å². The minimum Gasteiger partial charge on any atom is -0.423 e. The zero-order chi connectivity index (χ0) is 14.3. The van der Waals surface area contributed by atoms with Crippen molar-refractivity contribution in [1.82, 2.24) is 0 Å². The summed E-state index contributed by atoms with van der Waals surface area (Å²) in [7, 11) is -1.67. The minimum absolute atomic E-state index is 0.180. The summed E-state index contributed by atoms with van der Waals surface area (Å²) in [5.41, 5.74) is 1.12. The summed E-state index contributed by atoms with van der Waals surface area (Å²) in [5, 5.41) is 18.3. The molecule has 6 heteroatoms. The lowest BCUT2D eigenvalue weighted by atomic mass is 9.79. The summed E-state index contributed by atoms with van der Waals surface area (Å²) in [5.74, 6) is -0.867. The lowest BCUT2D eigenvalue weighted by molar-refractivity contribution is 0.0926. The molecule has 2 aromatic carbocycles. The SMILES string of the molecule is O=C1c2ccc(B(O)O)cc2C(=O)N1c1ccccc1. The first-order valence-corrected chi connectivity index (χ1v) is 6.03. The van der Waals surface area contributed by atoms with Crippen LogP contribution in [0.2, 0.25) is 0 Å². The molecule has 0 spiro atoms. The van der Waals surface area contributed by atoms with Gasteiger partial charge >= 0.3 is 7.12 Å². The maximum absolute atomic E-state index is 12.3. The second-order valence-corrected chi connectivity index (χ2v) is 4.46. The average Bonchev–Trinajstić information content (AvgIpc) is 2.71. The van der Waals surface area contributed by atoms with E-state index in [4.69, 9.17) is 10.0 Å². The molecule has 1 heterocycles. The number of carbonyl (C=O) groups excluding carboxylic acids is 2. The molecule has 3 rings (SSSR count). The first-order chi connectivity index (χ1) is 9.59. The lowest BCUT2D eigenvalue weighted by Gasteiger charge is -2.13. The van der Waals surface area contributed by atoms with Crippen molar-refractivity contribution in [2.45, 2.75) is 0 Å². The molecule has 0 unspecified atom stereocenters. The average molecular weight is 267 g/mol. The summed E-state index contributed by atoms with van der Waals surface area (Å²) in [6, 6.07) is 12.8. The molecule has 0 saturated carbocycles. The Bertz CT molecular complexity index is 700. The van der Waals surface area contributed by atoms with Crippen molar-refractivity contribution in [3.05, 3.63) is 59.7 Å². The molecule has 2 N–H and O–H groups in total. The molecule has 2 amide bonds. The van der Waals surface area contributed by atoms with Gasteiger partial charge in [0.2, 0.25) is 0 Å². The van der Waals surface area contributed by atoms with Crippen LogP contribution in [0.4, 0.5) is 5.69 Å². The molecule has 0 bridgehead atoms. The van der Waals surface area contributed by atoms with E-state index in [0.717, 1.165) is 4.90 Å². The minimum atomic E-state index is -1.67. The first kappa shape index (κ1) is 12.6. The van der Waals surface area contributed by atoms with Gasteiger partial charge in [0, 0.05) is 0 Å². The van der Waals surface area contributed by atoms with Gasteiger partial charge in [-0.05, 0) is 29.7 Å². The zero-order valence-electron chi connectivity index (χ0n) is 10.4. The quantitative estimate of drug-likeness (QED) is 0.600. The molecule has 20 heavy (non-hydrogen) atoms. The number of benzene rings is 2. The van der Waals surface area contributed by atoms with E-state index >= 15 is 0 Å². The fourth-order valence-corrected chi connectivity index (χ4v) is 2.23. The number of anilines is 1. The van der Waals surface area contributed by atoms with Gasteiger partial charge in [-0.2, -0.15) is 0 Å². The third-order valence-corrected chi connectivity index (χ3v) is 3.22. The molecule has 0 atom stereocenters. The highest BCUT2D eigenvalue weighted by Gasteiger charge is 2.37. The molecular formula is C14H10BNO4. The van der Waals surface area contributed by atoms with Crippen molar-refractivity contribution >= 4 is 30.1 Å². The van der Waals surface area contributed by atoms with Crippen LogP contribution in [0, 0.1) is 0 Å². The number of hydrogen-bond donors (Lipinski definition) is 2. The van der Waals surface area contributed by atoms with Crippen molar-refractivity contribution in [2.24, 2.45) is 0 Å². The predicted octanol–water partition coefficient (Wildman–Crippen LogP) is 0.167. The van der Waals surface area contributed by atoms with E-state index in [9.17, 15) is 9.59 Å². The number of para-hydroxylation sites is 1. The van der Waals surface area contributed by atoms with Crippen LogP contribution in [0.3, 0.4) is 0 Å². The van der Waals surface area contributed by atoms with Crippen LogP contribution < -0.4 is 10.4 Å². The Labute approximate surface area is 115 Å². The fourth-order valence-electron chi connectivity index (χ4n) is 2.23. The van der Waals surface area contributed by atoms with Crippen molar-refractivity contribution < 1.29 is 19.6 Å². The summed E-state index contributed by atoms with van der Waals surface area (Å²) in [4.78, 5) is 25.7. The van der Waals surface area contributed by atoms with E-state index in [2.05, 4.69) is 0 Å². The Morgan fingerprint density at radius 3 is 2.15 bits per heavy atom. The third-order valence-electron chi connectivity index (χ3n) is 3.22. The molecular weight excluding hydrogens is 257 g/mol. The highest BCUT2D eigenvalue weighted by atomic mass is 16.4. The Morgan fingerprint density at radius 2 is 1.50 bits per heavy atom. The summed E-state index contributed by atoms with van der Waals surface area (Å²) >= 11 is 0. The topological polar surface area (TPSA) is 77.8 Å². The largest absolute Gasteiger partial charge is 0.488 e. The van der Waals surface area contributed by atoms with Crippen LogP contribution in [0.15, 0.2) is 48.5 Å². The van der Waals surface area contributed by atoms with Gasteiger partial charge in [-0.15, -0.1) is 0 Å². The number of nitrogens with zero attached hydrogens (tertiary/aromatic N) is 1. The Morgan fingerprint density at radius 1 is 0.850 bits per heavy atom. The Balaban J connectivity index is 2.08. The molecule has 0 fully saturated rings. The predicted molar refractivity (Wildman–Crippen MR) is 73.8 cm³/mol. The number of amides is 2. The maximum Gasteiger partial charge on any atom is 0.488 e. The van der Waals surface area contributed by atoms with Crippen LogP contribution in [-0.2, 0) is 0 Å². The monoisotopic (exact) mass is 267 g/mol. The third kappa shape index (κ3) is 1.82. The molecule has 5 nitrogen and oxygen atoms in total. The van der Waals surface area contributed by atoms with E-state index < -0.39 is 18.9 Å². The van der Waals surface area contributed by atoms with Gasteiger partial charge in [-0.1, -0.05) is 24.3 Å². The molecule has 0 aromatic heterocycles. The van der Waals surface area contributed by atoms with Gasteiger partial charge in [0.05, 0.1) is 16.8 Å². The number of hydrogen-bond acceptors (Lipinski definition) is 4. The van der Waals surface area contributed by atoms with Crippen molar-refractivity contribution in [1.29, 1.82) is 0 Å². The fraction of sp³-hybridized carbons (Fsp3) is 0. The molecule has 2 aromatic rings. The molecule has 1 aliphatic rings. The van der Waals surface area contributed by atoms with Crippen LogP contribution in [0.25, 0.3) is 0 Å². The van der Waals surface area contributed by atoms with E-state index in [0.29, 0.717) is 5.69 Å². The first-order valence-electron chi connectivity index (χ1n) is 6.03. The summed E-state index contributed by atoms with van der Waals surface area (Å²) in [6.45, 7) is 0. The highest BCUT2D eigenvalue weighted by Crippen LogP contribution is 2.27. The molecule has 0 aliphatic carbocycles. The van der Waals surface area contributed by atoms with Crippen molar-refractivity contribution in [3.8, 4) is 0 Å². The van der Waals surface area contributed by atoms with E-state index in [-0.39, 0.29) is 16.6 Å². The van der Waals surface area contributed by atoms with Gasteiger partial charge in [0.15, 0.2) is 0 Å². The normalized spacial score (nSPS) is 13.6. The highest BCUT2D eigenvalue weighted by molar-refractivity contribution is 6.59. The van der Waals surface area contributed by atoms with Crippen LogP contribution in [0.5, 0.6) is 0 Å². The van der Waals surface area contributed by atoms with Crippen LogP contribution in [0.1, 0.15) is 20.7 Å². The molecule has 0 radical (unpaired) electrons. The smallest absolute Gasteiger partial charge is 0.423 e. The van der Waals surface area contributed by atoms with Gasteiger partial charge in [0.1, 0.15) is 0 Å².